The summed E-state index contributed by atoms with van der Waals surface area (Å²) in [5, 5.41) is 6.99. The van der Waals surface area contributed by atoms with Crippen molar-refractivity contribution in [3.05, 3.63) is 23.8 Å². The predicted octanol–water partition coefficient (Wildman–Crippen LogP) is 2.59. The van der Waals surface area contributed by atoms with Crippen molar-refractivity contribution in [3.63, 3.8) is 0 Å². The Hall–Kier alpha value is -1.66. The molecule has 0 radical (unpaired) electrons. The van der Waals surface area contributed by atoms with E-state index in [2.05, 4.69) is 10.6 Å². The molecule has 0 saturated carbocycles. The number of carbonyl (C=O) groups is 1. The summed E-state index contributed by atoms with van der Waals surface area (Å²) in [6.07, 6.45) is 4.03. The zero-order chi connectivity index (χ0) is 16.2. The first-order valence-electron chi connectivity index (χ1n) is 8.21. The average Bonchev–Trinajstić information content (AvgIpc) is 3.19. The molecule has 124 valence electrons. The third kappa shape index (κ3) is 4.00. The van der Waals surface area contributed by atoms with Gasteiger partial charge in [0.2, 0.25) is 5.91 Å². The lowest BCUT2D eigenvalue weighted by Gasteiger charge is -2.20. The minimum atomic E-state index is 0.198. The molecule has 1 atom stereocenters. The van der Waals surface area contributed by atoms with Gasteiger partial charge in [-0.3, -0.25) is 4.79 Å². The lowest BCUT2D eigenvalue weighted by atomic mass is 10.1. The third-order valence-corrected chi connectivity index (χ3v) is 4.59. The summed E-state index contributed by atoms with van der Waals surface area (Å²) in [6, 6.07) is 6.00. The zero-order valence-electron chi connectivity index (χ0n) is 13.4. The van der Waals surface area contributed by atoms with Gasteiger partial charge in [0.05, 0.1) is 6.10 Å². The first kappa shape index (κ1) is 16.2. The molecule has 0 aromatic heterocycles. The molecule has 2 fully saturated rings. The number of anilines is 2. The number of nitrogens with zero attached hydrogens (tertiary/aromatic N) is 1. The van der Waals surface area contributed by atoms with Gasteiger partial charge in [0.25, 0.3) is 0 Å². The molecule has 2 saturated heterocycles. The number of ether oxygens (including phenoxy) is 1. The van der Waals surface area contributed by atoms with E-state index in [1.807, 2.05) is 30.0 Å². The van der Waals surface area contributed by atoms with Crippen LogP contribution >= 0.6 is 12.2 Å². The fraction of sp³-hybridized carbons (Fsp3) is 0.529. The smallest absolute Gasteiger partial charge is 0.227 e. The number of carbonyl (C=O) groups excluding carboxylic acids is 1. The molecule has 1 unspecified atom stereocenters. The van der Waals surface area contributed by atoms with Gasteiger partial charge < -0.3 is 20.3 Å². The Morgan fingerprint density at radius 2 is 2.30 bits per heavy atom. The van der Waals surface area contributed by atoms with Crippen molar-refractivity contribution in [2.24, 2.45) is 0 Å². The highest BCUT2D eigenvalue weighted by Crippen LogP contribution is 2.28. The van der Waals surface area contributed by atoms with Gasteiger partial charge in [-0.25, -0.2) is 0 Å². The van der Waals surface area contributed by atoms with Crippen molar-refractivity contribution in [2.75, 3.05) is 29.9 Å². The summed E-state index contributed by atoms with van der Waals surface area (Å²) in [6.45, 7) is 4.40. The Morgan fingerprint density at radius 3 is 3.00 bits per heavy atom. The van der Waals surface area contributed by atoms with E-state index in [0.29, 0.717) is 11.5 Å². The Morgan fingerprint density at radius 1 is 1.43 bits per heavy atom. The van der Waals surface area contributed by atoms with E-state index < -0.39 is 0 Å². The lowest BCUT2D eigenvalue weighted by Crippen LogP contribution is -2.34. The van der Waals surface area contributed by atoms with E-state index >= 15 is 0 Å². The summed E-state index contributed by atoms with van der Waals surface area (Å²) in [7, 11) is 0. The van der Waals surface area contributed by atoms with Crippen LogP contribution in [0.2, 0.25) is 0 Å². The number of amides is 1. The van der Waals surface area contributed by atoms with Crippen LogP contribution in [0.1, 0.15) is 31.2 Å². The van der Waals surface area contributed by atoms with Gasteiger partial charge in [-0.05, 0) is 56.1 Å². The largest absolute Gasteiger partial charge is 0.376 e. The number of hydrogen-bond donors (Lipinski definition) is 2. The molecule has 23 heavy (non-hydrogen) atoms. The van der Waals surface area contributed by atoms with E-state index in [0.717, 1.165) is 55.9 Å². The normalized spacial score (nSPS) is 20.8. The van der Waals surface area contributed by atoms with Crippen LogP contribution in [0.4, 0.5) is 11.4 Å². The van der Waals surface area contributed by atoms with Crippen LogP contribution < -0.4 is 15.5 Å². The van der Waals surface area contributed by atoms with Crippen molar-refractivity contribution in [3.8, 4) is 0 Å². The molecule has 0 aliphatic carbocycles. The van der Waals surface area contributed by atoms with Crippen LogP contribution in [0.5, 0.6) is 0 Å². The van der Waals surface area contributed by atoms with Crippen LogP contribution in [-0.2, 0) is 9.53 Å². The molecular weight excluding hydrogens is 310 g/mol. The average molecular weight is 333 g/mol. The van der Waals surface area contributed by atoms with Crippen LogP contribution in [0, 0.1) is 6.92 Å². The lowest BCUT2D eigenvalue weighted by molar-refractivity contribution is -0.117. The molecule has 2 N–H and O–H groups in total. The first-order chi connectivity index (χ1) is 11.1. The second-order valence-corrected chi connectivity index (χ2v) is 6.53. The van der Waals surface area contributed by atoms with Gasteiger partial charge in [-0.2, -0.15) is 0 Å². The molecule has 2 heterocycles. The van der Waals surface area contributed by atoms with Crippen molar-refractivity contribution in [2.45, 2.75) is 38.7 Å². The van der Waals surface area contributed by atoms with Crippen molar-refractivity contribution < 1.29 is 9.53 Å². The number of benzene rings is 1. The SMILES string of the molecule is Cc1ccc(NC(=S)NCC2CCCO2)cc1N1CCCC1=O. The molecule has 5 nitrogen and oxygen atoms in total. The maximum absolute atomic E-state index is 12.0. The number of rotatable bonds is 4. The Labute approximate surface area is 142 Å². The second kappa shape index (κ2) is 7.27. The summed E-state index contributed by atoms with van der Waals surface area (Å²) in [5.74, 6) is 0.198. The monoisotopic (exact) mass is 333 g/mol. The van der Waals surface area contributed by atoms with Crippen LogP contribution in [-0.4, -0.2) is 36.8 Å². The summed E-state index contributed by atoms with van der Waals surface area (Å²) in [5.41, 5.74) is 2.97. The van der Waals surface area contributed by atoms with Crippen molar-refractivity contribution in [1.29, 1.82) is 0 Å². The number of aryl methyl sites for hydroxylation is 1. The van der Waals surface area contributed by atoms with E-state index in [9.17, 15) is 4.79 Å². The second-order valence-electron chi connectivity index (χ2n) is 6.12. The molecule has 0 bridgehead atoms. The molecule has 2 aliphatic heterocycles. The van der Waals surface area contributed by atoms with E-state index in [1.165, 1.54) is 0 Å². The Kier molecular flexibility index (Phi) is 5.13. The zero-order valence-corrected chi connectivity index (χ0v) is 14.2. The standard InChI is InChI=1S/C17H23N3O2S/c1-12-6-7-13(10-15(12)20-8-2-5-16(20)21)19-17(23)18-11-14-4-3-9-22-14/h6-7,10,14H,2-5,8-9,11H2,1H3,(H2,18,19,23). The van der Waals surface area contributed by atoms with E-state index in [1.54, 1.807) is 0 Å². The molecule has 1 aromatic rings. The summed E-state index contributed by atoms with van der Waals surface area (Å²) >= 11 is 5.35. The number of nitrogens with one attached hydrogen (secondary N) is 2. The molecule has 3 rings (SSSR count). The minimum absolute atomic E-state index is 0.198. The van der Waals surface area contributed by atoms with Gasteiger partial charge in [0, 0.05) is 37.5 Å². The molecule has 0 spiro atoms. The van der Waals surface area contributed by atoms with Crippen LogP contribution in [0.15, 0.2) is 18.2 Å². The predicted molar refractivity (Wildman–Crippen MR) is 96.0 cm³/mol. The minimum Gasteiger partial charge on any atom is -0.376 e. The van der Waals surface area contributed by atoms with Gasteiger partial charge in [-0.15, -0.1) is 0 Å². The van der Waals surface area contributed by atoms with Crippen LogP contribution in [0.3, 0.4) is 0 Å². The molecule has 2 aliphatic rings. The molecule has 6 heteroatoms. The summed E-state index contributed by atoms with van der Waals surface area (Å²) < 4.78 is 5.57. The van der Waals surface area contributed by atoms with Crippen molar-refractivity contribution in [1.82, 2.24) is 5.32 Å². The molecule has 1 amide bonds. The first-order valence-corrected chi connectivity index (χ1v) is 8.62. The number of hydrogen-bond acceptors (Lipinski definition) is 3. The van der Waals surface area contributed by atoms with Crippen LogP contribution in [0.25, 0.3) is 0 Å². The highest BCUT2D eigenvalue weighted by atomic mass is 32.1. The quantitative estimate of drug-likeness (QED) is 0.830. The fourth-order valence-corrected chi connectivity index (χ4v) is 3.27. The molecule has 1 aromatic carbocycles. The molecular formula is C17H23N3O2S. The third-order valence-electron chi connectivity index (χ3n) is 4.35. The maximum atomic E-state index is 12.0. The summed E-state index contributed by atoms with van der Waals surface area (Å²) in [4.78, 5) is 13.8. The highest BCUT2D eigenvalue weighted by Gasteiger charge is 2.23. The van der Waals surface area contributed by atoms with Gasteiger partial charge in [0.1, 0.15) is 0 Å². The van der Waals surface area contributed by atoms with Gasteiger partial charge in [0.15, 0.2) is 5.11 Å². The Balaban J connectivity index is 1.61. The highest BCUT2D eigenvalue weighted by molar-refractivity contribution is 7.80. The van der Waals surface area contributed by atoms with Gasteiger partial charge >= 0.3 is 0 Å². The maximum Gasteiger partial charge on any atom is 0.227 e. The van der Waals surface area contributed by atoms with Crippen molar-refractivity contribution >= 4 is 34.6 Å². The van der Waals surface area contributed by atoms with E-state index in [4.69, 9.17) is 17.0 Å². The fourth-order valence-electron chi connectivity index (χ4n) is 3.07. The van der Waals surface area contributed by atoms with E-state index in [-0.39, 0.29) is 12.0 Å². The van der Waals surface area contributed by atoms with Gasteiger partial charge in [-0.1, -0.05) is 6.07 Å². The Bertz CT molecular complexity index is 600. The number of thiocarbonyl (C=S) groups is 1. The topological polar surface area (TPSA) is 53.6 Å².